The number of Topliss-reactive ketones (excluding diaryl/α,β-unsaturated/α-hetero) is 1. The SMILES string of the molecule is O=C(CSc1ncc(-c2ccccc2)n1-c1ccccc1)c1c[nH]c2ccccc12. The van der Waals surface area contributed by atoms with E-state index in [0.29, 0.717) is 5.75 Å². The first-order valence-corrected chi connectivity index (χ1v) is 10.7. The Bertz CT molecular complexity index is 1310. The van der Waals surface area contributed by atoms with Gasteiger partial charge in [0.25, 0.3) is 0 Å². The Kier molecular flexibility index (Phi) is 4.95. The molecule has 146 valence electrons. The van der Waals surface area contributed by atoms with Crippen molar-refractivity contribution in [2.24, 2.45) is 0 Å². The number of aromatic nitrogens is 3. The number of nitrogens with zero attached hydrogens (tertiary/aromatic N) is 2. The van der Waals surface area contributed by atoms with Crippen molar-refractivity contribution in [2.45, 2.75) is 5.16 Å². The van der Waals surface area contributed by atoms with Gasteiger partial charge < -0.3 is 4.98 Å². The topological polar surface area (TPSA) is 50.7 Å². The molecule has 0 saturated heterocycles. The van der Waals surface area contributed by atoms with E-state index in [0.717, 1.165) is 38.6 Å². The van der Waals surface area contributed by atoms with Crippen LogP contribution < -0.4 is 0 Å². The minimum atomic E-state index is 0.0846. The summed E-state index contributed by atoms with van der Waals surface area (Å²) in [4.78, 5) is 20.8. The average Bonchev–Trinajstić information content (AvgIpc) is 3.43. The molecule has 1 N–H and O–H groups in total. The van der Waals surface area contributed by atoms with Gasteiger partial charge in [0, 0.05) is 33.9 Å². The number of carbonyl (C=O) groups excluding carboxylic acids is 1. The minimum absolute atomic E-state index is 0.0846. The average molecular weight is 410 g/mol. The van der Waals surface area contributed by atoms with E-state index < -0.39 is 0 Å². The molecule has 2 heterocycles. The van der Waals surface area contributed by atoms with Gasteiger partial charge in [0.15, 0.2) is 10.9 Å². The molecule has 0 aliphatic carbocycles. The van der Waals surface area contributed by atoms with Gasteiger partial charge in [-0.05, 0) is 18.2 Å². The molecular formula is C25H19N3OS. The molecule has 0 unspecified atom stereocenters. The lowest BCUT2D eigenvalue weighted by molar-refractivity contribution is 0.102. The van der Waals surface area contributed by atoms with Gasteiger partial charge in [-0.3, -0.25) is 9.36 Å². The van der Waals surface area contributed by atoms with E-state index in [4.69, 9.17) is 0 Å². The van der Waals surface area contributed by atoms with Crippen molar-refractivity contribution in [3.63, 3.8) is 0 Å². The van der Waals surface area contributed by atoms with Crippen molar-refractivity contribution >= 4 is 28.4 Å². The standard InChI is InChI=1S/C25H19N3OS/c29-24(21-15-26-22-14-8-7-13-20(21)22)17-30-25-27-16-23(18-9-3-1-4-10-18)28(25)19-11-5-2-6-12-19/h1-16,26H,17H2. The molecule has 5 rings (SSSR count). The van der Waals surface area contributed by atoms with E-state index >= 15 is 0 Å². The maximum Gasteiger partial charge on any atom is 0.175 e. The number of nitrogens with one attached hydrogen (secondary N) is 1. The number of imidazole rings is 1. The Balaban J connectivity index is 1.47. The molecule has 5 aromatic rings. The maximum atomic E-state index is 12.9. The highest BCUT2D eigenvalue weighted by Crippen LogP contribution is 2.30. The van der Waals surface area contributed by atoms with Gasteiger partial charge in [-0.25, -0.2) is 4.98 Å². The normalized spacial score (nSPS) is 11.1. The van der Waals surface area contributed by atoms with Crippen molar-refractivity contribution in [2.75, 3.05) is 5.75 Å². The van der Waals surface area contributed by atoms with Gasteiger partial charge in [-0.15, -0.1) is 0 Å². The summed E-state index contributed by atoms with van der Waals surface area (Å²) < 4.78 is 2.11. The molecule has 0 bridgehead atoms. The zero-order valence-corrected chi connectivity index (χ0v) is 17.0. The van der Waals surface area contributed by atoms with Crippen LogP contribution in [0, 0.1) is 0 Å². The first kappa shape index (κ1) is 18.5. The molecule has 0 fully saturated rings. The molecule has 2 aromatic heterocycles. The lowest BCUT2D eigenvalue weighted by Gasteiger charge is -2.12. The van der Waals surface area contributed by atoms with Gasteiger partial charge in [-0.2, -0.15) is 0 Å². The van der Waals surface area contributed by atoms with Gasteiger partial charge >= 0.3 is 0 Å². The van der Waals surface area contributed by atoms with Crippen LogP contribution in [-0.2, 0) is 0 Å². The molecular weight excluding hydrogens is 390 g/mol. The maximum absolute atomic E-state index is 12.9. The molecule has 30 heavy (non-hydrogen) atoms. The summed E-state index contributed by atoms with van der Waals surface area (Å²) in [7, 11) is 0. The number of benzene rings is 3. The van der Waals surface area contributed by atoms with Crippen LogP contribution in [0.5, 0.6) is 0 Å². The molecule has 0 aliphatic heterocycles. The number of hydrogen-bond acceptors (Lipinski definition) is 3. The number of aromatic amines is 1. The van der Waals surface area contributed by atoms with Crippen LogP contribution in [0.15, 0.2) is 102 Å². The molecule has 0 amide bonds. The number of fused-ring (bicyclic) bond motifs is 1. The van der Waals surface area contributed by atoms with E-state index in [-0.39, 0.29) is 5.78 Å². The van der Waals surface area contributed by atoms with E-state index in [2.05, 4.69) is 38.8 Å². The Morgan fingerprint density at radius 3 is 2.40 bits per heavy atom. The summed E-state index contributed by atoms with van der Waals surface area (Å²) >= 11 is 1.46. The quantitative estimate of drug-likeness (QED) is 0.277. The molecule has 4 nitrogen and oxygen atoms in total. The van der Waals surface area contributed by atoms with E-state index in [1.54, 1.807) is 6.20 Å². The second kappa shape index (κ2) is 8.05. The monoisotopic (exact) mass is 409 g/mol. The fraction of sp³-hybridized carbons (Fsp3) is 0.0400. The number of para-hydroxylation sites is 2. The van der Waals surface area contributed by atoms with Crippen LogP contribution in [0.25, 0.3) is 27.8 Å². The highest BCUT2D eigenvalue weighted by Gasteiger charge is 2.17. The van der Waals surface area contributed by atoms with Crippen LogP contribution in [0.4, 0.5) is 0 Å². The highest BCUT2D eigenvalue weighted by atomic mass is 32.2. The summed E-state index contributed by atoms with van der Waals surface area (Å²) in [6.07, 6.45) is 3.67. The first-order chi connectivity index (χ1) is 14.8. The third kappa shape index (κ3) is 3.44. The predicted octanol–water partition coefficient (Wildman–Crippen LogP) is 6.00. The van der Waals surface area contributed by atoms with Gasteiger partial charge in [-0.1, -0.05) is 78.5 Å². The summed E-state index contributed by atoms with van der Waals surface area (Å²) in [6.45, 7) is 0. The van der Waals surface area contributed by atoms with Crippen LogP contribution in [0.1, 0.15) is 10.4 Å². The second-order valence-corrected chi connectivity index (χ2v) is 7.87. The number of hydrogen-bond donors (Lipinski definition) is 1. The third-order valence-electron chi connectivity index (χ3n) is 5.04. The number of ketones is 1. The molecule has 0 saturated carbocycles. The minimum Gasteiger partial charge on any atom is -0.360 e. The zero-order valence-electron chi connectivity index (χ0n) is 16.2. The van der Waals surface area contributed by atoms with E-state index in [1.165, 1.54) is 11.8 Å². The largest absolute Gasteiger partial charge is 0.360 e. The van der Waals surface area contributed by atoms with Gasteiger partial charge in [0.2, 0.25) is 0 Å². The Morgan fingerprint density at radius 2 is 1.60 bits per heavy atom. The fourth-order valence-corrected chi connectivity index (χ4v) is 4.46. The van der Waals surface area contributed by atoms with Crippen molar-refractivity contribution < 1.29 is 4.79 Å². The number of H-pyrrole nitrogens is 1. The zero-order chi connectivity index (χ0) is 20.3. The number of carbonyl (C=O) groups is 1. The molecule has 0 spiro atoms. The lowest BCUT2D eigenvalue weighted by Crippen LogP contribution is -2.04. The fourth-order valence-electron chi connectivity index (χ4n) is 3.59. The number of thioether (sulfide) groups is 1. The van der Waals surface area contributed by atoms with Crippen molar-refractivity contribution in [1.29, 1.82) is 0 Å². The van der Waals surface area contributed by atoms with Crippen LogP contribution >= 0.6 is 11.8 Å². The molecule has 0 radical (unpaired) electrons. The highest BCUT2D eigenvalue weighted by molar-refractivity contribution is 7.99. The van der Waals surface area contributed by atoms with E-state index in [1.807, 2.05) is 66.9 Å². The van der Waals surface area contributed by atoms with E-state index in [9.17, 15) is 4.79 Å². The Morgan fingerprint density at radius 1 is 0.900 bits per heavy atom. The molecule has 0 aliphatic rings. The van der Waals surface area contributed by atoms with Gasteiger partial charge in [0.05, 0.1) is 17.6 Å². The van der Waals surface area contributed by atoms with Crippen LogP contribution in [0.2, 0.25) is 0 Å². The second-order valence-electron chi connectivity index (χ2n) is 6.92. The Hall–Kier alpha value is -3.57. The molecule has 3 aromatic carbocycles. The van der Waals surface area contributed by atoms with Crippen molar-refractivity contribution in [3.05, 3.63) is 103 Å². The summed E-state index contributed by atoms with van der Waals surface area (Å²) in [5.41, 5.74) is 4.81. The first-order valence-electron chi connectivity index (χ1n) is 9.72. The summed E-state index contributed by atoms with van der Waals surface area (Å²) in [5.74, 6) is 0.404. The molecule has 5 heteroatoms. The summed E-state index contributed by atoms with van der Waals surface area (Å²) in [5, 5.41) is 1.76. The number of rotatable bonds is 6. The van der Waals surface area contributed by atoms with Crippen LogP contribution in [0.3, 0.4) is 0 Å². The van der Waals surface area contributed by atoms with Crippen molar-refractivity contribution in [3.8, 4) is 16.9 Å². The lowest BCUT2D eigenvalue weighted by atomic mass is 10.1. The van der Waals surface area contributed by atoms with Crippen LogP contribution in [-0.4, -0.2) is 26.1 Å². The molecule has 0 atom stereocenters. The summed E-state index contributed by atoms with van der Waals surface area (Å²) in [6, 6.07) is 28.2. The predicted molar refractivity (Wildman–Crippen MR) is 122 cm³/mol. The third-order valence-corrected chi connectivity index (χ3v) is 5.99. The van der Waals surface area contributed by atoms with Gasteiger partial charge in [0.1, 0.15) is 0 Å². The van der Waals surface area contributed by atoms with Crippen molar-refractivity contribution in [1.82, 2.24) is 14.5 Å². The Labute approximate surface area is 178 Å². The smallest absolute Gasteiger partial charge is 0.175 e.